The first-order valence-electron chi connectivity index (χ1n) is 9.11. The molecule has 140 valence electrons. The molecule has 4 rings (SSSR count). The van der Waals surface area contributed by atoms with Crippen molar-refractivity contribution in [1.82, 2.24) is 14.3 Å². The number of aryl methyl sites for hydroxylation is 1. The summed E-state index contributed by atoms with van der Waals surface area (Å²) in [7, 11) is 0. The zero-order chi connectivity index (χ0) is 19.7. The summed E-state index contributed by atoms with van der Waals surface area (Å²) in [6.45, 7) is 4.43. The van der Waals surface area contributed by atoms with Crippen LogP contribution >= 0.6 is 11.6 Å². The van der Waals surface area contributed by atoms with E-state index in [0.29, 0.717) is 23.1 Å². The summed E-state index contributed by atoms with van der Waals surface area (Å²) in [5, 5.41) is 5.07. The summed E-state index contributed by atoms with van der Waals surface area (Å²) in [5.74, 6) is 0.671. The maximum absolute atomic E-state index is 13.0. The Hall–Kier alpha value is -3.11. The molecule has 0 N–H and O–H groups in total. The Labute approximate surface area is 168 Å². The monoisotopic (exact) mass is 389 g/mol. The SMILES string of the molecule is Cc1c(Cn2c(C)nn(-c3ccc(Cl)cc3)c2=O)cccc1-c1ccccc1. The van der Waals surface area contributed by atoms with E-state index in [9.17, 15) is 4.79 Å². The van der Waals surface area contributed by atoms with Gasteiger partial charge in [0.25, 0.3) is 0 Å². The molecule has 0 aliphatic rings. The molecule has 4 aromatic rings. The molecule has 0 aliphatic carbocycles. The molecule has 0 saturated heterocycles. The van der Waals surface area contributed by atoms with Crippen molar-refractivity contribution in [3.05, 3.63) is 105 Å². The zero-order valence-corrected chi connectivity index (χ0v) is 16.5. The van der Waals surface area contributed by atoms with E-state index >= 15 is 0 Å². The van der Waals surface area contributed by atoms with E-state index in [1.807, 2.05) is 31.2 Å². The van der Waals surface area contributed by atoms with Gasteiger partial charge in [-0.2, -0.15) is 9.78 Å². The van der Waals surface area contributed by atoms with E-state index in [4.69, 9.17) is 11.6 Å². The maximum Gasteiger partial charge on any atom is 0.351 e. The number of hydrogen-bond acceptors (Lipinski definition) is 2. The first-order chi connectivity index (χ1) is 13.5. The van der Waals surface area contributed by atoms with Gasteiger partial charge < -0.3 is 0 Å². The molecule has 0 atom stereocenters. The Morgan fingerprint density at radius 1 is 0.893 bits per heavy atom. The molecule has 1 aromatic heterocycles. The van der Waals surface area contributed by atoms with Crippen molar-refractivity contribution in [3.63, 3.8) is 0 Å². The molecule has 0 unspecified atom stereocenters. The van der Waals surface area contributed by atoms with Crippen molar-refractivity contribution in [3.8, 4) is 16.8 Å². The van der Waals surface area contributed by atoms with Crippen LogP contribution in [0.25, 0.3) is 16.8 Å². The molecular weight excluding hydrogens is 370 g/mol. The van der Waals surface area contributed by atoms with E-state index in [-0.39, 0.29) is 5.69 Å². The van der Waals surface area contributed by atoms with Gasteiger partial charge in [-0.15, -0.1) is 0 Å². The van der Waals surface area contributed by atoms with Crippen LogP contribution in [0.2, 0.25) is 5.02 Å². The molecule has 28 heavy (non-hydrogen) atoms. The second-order valence-electron chi connectivity index (χ2n) is 6.76. The first-order valence-corrected chi connectivity index (χ1v) is 9.48. The number of rotatable bonds is 4. The van der Waals surface area contributed by atoms with E-state index < -0.39 is 0 Å². The first kappa shape index (κ1) is 18.3. The highest BCUT2D eigenvalue weighted by Crippen LogP contribution is 2.26. The number of halogens is 1. The lowest BCUT2D eigenvalue weighted by Crippen LogP contribution is -2.25. The van der Waals surface area contributed by atoms with Crippen molar-refractivity contribution in [2.24, 2.45) is 0 Å². The number of nitrogens with zero attached hydrogens (tertiary/aromatic N) is 3. The highest BCUT2D eigenvalue weighted by molar-refractivity contribution is 6.30. The minimum atomic E-state index is -0.163. The van der Waals surface area contributed by atoms with Crippen LogP contribution in [0.5, 0.6) is 0 Å². The second kappa shape index (κ2) is 7.49. The van der Waals surface area contributed by atoms with Crippen LogP contribution in [0.4, 0.5) is 0 Å². The van der Waals surface area contributed by atoms with Crippen LogP contribution in [0, 0.1) is 13.8 Å². The third-order valence-corrected chi connectivity index (χ3v) is 5.23. The topological polar surface area (TPSA) is 39.8 Å². The van der Waals surface area contributed by atoms with Gasteiger partial charge >= 0.3 is 5.69 Å². The summed E-state index contributed by atoms with van der Waals surface area (Å²) in [5.41, 5.74) is 5.15. The standard InChI is InChI=1S/C23H20ClN3O/c1-16-19(9-6-10-22(16)18-7-4-3-5-8-18)15-26-17(2)25-27(23(26)28)21-13-11-20(24)12-14-21/h3-14H,15H2,1-2H3. The minimum absolute atomic E-state index is 0.163. The van der Waals surface area contributed by atoms with E-state index in [1.165, 1.54) is 21.4 Å². The minimum Gasteiger partial charge on any atom is -0.274 e. The lowest BCUT2D eigenvalue weighted by molar-refractivity contribution is 0.720. The fourth-order valence-electron chi connectivity index (χ4n) is 3.38. The third-order valence-electron chi connectivity index (χ3n) is 4.98. The maximum atomic E-state index is 13.0. The van der Waals surface area contributed by atoms with Crippen molar-refractivity contribution in [2.45, 2.75) is 20.4 Å². The molecule has 0 saturated carbocycles. The number of benzene rings is 3. The third kappa shape index (κ3) is 3.39. The quantitative estimate of drug-likeness (QED) is 0.491. The van der Waals surface area contributed by atoms with Crippen LogP contribution in [0.3, 0.4) is 0 Å². The fourth-order valence-corrected chi connectivity index (χ4v) is 3.51. The average molecular weight is 390 g/mol. The van der Waals surface area contributed by atoms with Gasteiger partial charge in [0.1, 0.15) is 5.82 Å². The molecule has 0 spiro atoms. The normalized spacial score (nSPS) is 11.0. The second-order valence-corrected chi connectivity index (χ2v) is 7.20. The van der Waals surface area contributed by atoms with Gasteiger partial charge in [-0.25, -0.2) is 4.79 Å². The van der Waals surface area contributed by atoms with E-state index in [0.717, 1.165) is 5.56 Å². The Balaban J connectivity index is 1.73. The summed E-state index contributed by atoms with van der Waals surface area (Å²) in [6, 6.07) is 23.6. The molecule has 1 heterocycles. The van der Waals surface area contributed by atoms with Crippen molar-refractivity contribution >= 4 is 11.6 Å². The molecular formula is C23H20ClN3O. The Morgan fingerprint density at radius 2 is 1.61 bits per heavy atom. The molecule has 0 aliphatic heterocycles. The molecule has 3 aromatic carbocycles. The lowest BCUT2D eigenvalue weighted by atomic mass is 9.96. The van der Waals surface area contributed by atoms with Gasteiger partial charge in [0.05, 0.1) is 12.2 Å². The van der Waals surface area contributed by atoms with Crippen molar-refractivity contribution in [2.75, 3.05) is 0 Å². The van der Waals surface area contributed by atoms with Gasteiger partial charge in [-0.3, -0.25) is 4.57 Å². The van der Waals surface area contributed by atoms with Crippen LogP contribution < -0.4 is 5.69 Å². The predicted octanol–water partition coefficient (Wildman–Crippen LogP) is 5.02. The van der Waals surface area contributed by atoms with Gasteiger partial charge in [0.15, 0.2) is 0 Å². The Kier molecular flexibility index (Phi) is 4.88. The summed E-state index contributed by atoms with van der Waals surface area (Å²) in [6.07, 6.45) is 0. The zero-order valence-electron chi connectivity index (χ0n) is 15.8. The van der Waals surface area contributed by atoms with Crippen LogP contribution in [-0.2, 0) is 6.54 Å². The average Bonchev–Trinajstić information content (AvgIpc) is 2.99. The lowest BCUT2D eigenvalue weighted by Gasteiger charge is -2.12. The summed E-state index contributed by atoms with van der Waals surface area (Å²) < 4.78 is 3.12. The molecule has 0 fully saturated rings. The highest BCUT2D eigenvalue weighted by Gasteiger charge is 2.14. The van der Waals surface area contributed by atoms with Crippen LogP contribution in [-0.4, -0.2) is 14.3 Å². The fraction of sp³-hybridized carbons (Fsp3) is 0.130. The van der Waals surface area contributed by atoms with E-state index in [2.05, 4.69) is 36.3 Å². The van der Waals surface area contributed by atoms with Gasteiger partial charge in [0, 0.05) is 5.02 Å². The van der Waals surface area contributed by atoms with Crippen LogP contribution in [0.1, 0.15) is 17.0 Å². The van der Waals surface area contributed by atoms with E-state index in [1.54, 1.807) is 28.8 Å². The molecule has 0 radical (unpaired) electrons. The summed E-state index contributed by atoms with van der Waals surface area (Å²) in [4.78, 5) is 13.0. The smallest absolute Gasteiger partial charge is 0.274 e. The van der Waals surface area contributed by atoms with Crippen molar-refractivity contribution in [1.29, 1.82) is 0 Å². The largest absolute Gasteiger partial charge is 0.351 e. The highest BCUT2D eigenvalue weighted by atomic mass is 35.5. The van der Waals surface area contributed by atoms with Crippen LogP contribution in [0.15, 0.2) is 77.6 Å². The Morgan fingerprint density at radius 3 is 2.32 bits per heavy atom. The van der Waals surface area contributed by atoms with Gasteiger partial charge in [0.2, 0.25) is 0 Å². The molecule has 4 nitrogen and oxygen atoms in total. The molecule has 0 bridgehead atoms. The van der Waals surface area contributed by atoms with Gasteiger partial charge in [-0.05, 0) is 60.4 Å². The number of hydrogen-bond donors (Lipinski definition) is 0. The van der Waals surface area contributed by atoms with Crippen molar-refractivity contribution < 1.29 is 0 Å². The summed E-state index contributed by atoms with van der Waals surface area (Å²) >= 11 is 5.95. The Bertz CT molecular complexity index is 1170. The predicted molar refractivity (Wildman–Crippen MR) is 113 cm³/mol. The number of aromatic nitrogens is 3. The molecule has 0 amide bonds. The van der Waals surface area contributed by atoms with Gasteiger partial charge in [-0.1, -0.05) is 60.1 Å². The molecule has 5 heteroatoms.